The SMILES string of the molecule is COc1cc(C(=O)OCC(=O)NCc2ccccc2F)cc(Cl)c1OC. The van der Waals surface area contributed by atoms with Gasteiger partial charge in [0.05, 0.1) is 24.8 Å². The molecule has 2 aromatic rings. The first-order valence-corrected chi connectivity index (χ1v) is 7.92. The number of hydrogen-bond acceptors (Lipinski definition) is 5. The van der Waals surface area contributed by atoms with Crippen LogP contribution in [0.3, 0.4) is 0 Å². The predicted octanol–water partition coefficient (Wildman–Crippen LogP) is 2.97. The van der Waals surface area contributed by atoms with Crippen LogP contribution in [0, 0.1) is 5.82 Å². The van der Waals surface area contributed by atoms with Crippen molar-refractivity contribution in [3.63, 3.8) is 0 Å². The molecule has 26 heavy (non-hydrogen) atoms. The van der Waals surface area contributed by atoms with Gasteiger partial charge in [0.2, 0.25) is 0 Å². The number of ether oxygens (including phenoxy) is 3. The average molecular weight is 382 g/mol. The Morgan fingerprint density at radius 1 is 1.15 bits per heavy atom. The number of rotatable bonds is 7. The van der Waals surface area contributed by atoms with E-state index in [0.717, 1.165) is 0 Å². The molecule has 0 heterocycles. The van der Waals surface area contributed by atoms with Gasteiger partial charge in [-0.1, -0.05) is 29.8 Å². The van der Waals surface area contributed by atoms with Crippen LogP contribution in [0.4, 0.5) is 4.39 Å². The number of halogens is 2. The van der Waals surface area contributed by atoms with E-state index in [0.29, 0.717) is 5.56 Å². The van der Waals surface area contributed by atoms with Gasteiger partial charge in [-0.15, -0.1) is 0 Å². The quantitative estimate of drug-likeness (QED) is 0.746. The molecule has 0 atom stereocenters. The van der Waals surface area contributed by atoms with Crippen molar-refractivity contribution < 1.29 is 28.2 Å². The number of methoxy groups -OCH3 is 2. The molecule has 0 fully saturated rings. The standard InChI is InChI=1S/C18H17ClFNO5/c1-24-15-8-12(7-13(19)17(15)25-2)18(23)26-10-16(22)21-9-11-5-3-4-6-14(11)20/h3-8H,9-10H2,1-2H3,(H,21,22). The Morgan fingerprint density at radius 2 is 1.88 bits per heavy atom. The van der Waals surface area contributed by atoms with Crippen LogP contribution >= 0.6 is 11.6 Å². The van der Waals surface area contributed by atoms with Gasteiger partial charge in [0.25, 0.3) is 5.91 Å². The fraction of sp³-hybridized carbons (Fsp3) is 0.222. The van der Waals surface area contributed by atoms with E-state index in [-0.39, 0.29) is 28.6 Å². The van der Waals surface area contributed by atoms with Crippen molar-refractivity contribution in [2.75, 3.05) is 20.8 Å². The summed E-state index contributed by atoms with van der Waals surface area (Å²) < 4.78 is 28.6. The van der Waals surface area contributed by atoms with E-state index in [2.05, 4.69) is 5.32 Å². The van der Waals surface area contributed by atoms with Gasteiger partial charge in [0, 0.05) is 12.1 Å². The molecule has 0 aromatic heterocycles. The third kappa shape index (κ3) is 4.86. The zero-order valence-electron chi connectivity index (χ0n) is 14.2. The van der Waals surface area contributed by atoms with Crippen molar-refractivity contribution in [3.8, 4) is 11.5 Å². The summed E-state index contributed by atoms with van der Waals surface area (Å²) in [7, 11) is 2.82. The summed E-state index contributed by atoms with van der Waals surface area (Å²) in [6, 6.07) is 8.80. The molecule has 138 valence electrons. The maximum Gasteiger partial charge on any atom is 0.338 e. The first kappa shape index (κ1) is 19.5. The van der Waals surface area contributed by atoms with Crippen molar-refractivity contribution in [3.05, 3.63) is 58.4 Å². The molecule has 0 saturated carbocycles. The lowest BCUT2D eigenvalue weighted by molar-refractivity contribution is -0.124. The van der Waals surface area contributed by atoms with E-state index in [4.69, 9.17) is 25.8 Å². The molecule has 0 spiro atoms. The van der Waals surface area contributed by atoms with Gasteiger partial charge in [0.15, 0.2) is 18.1 Å². The minimum Gasteiger partial charge on any atom is -0.493 e. The summed E-state index contributed by atoms with van der Waals surface area (Å²) in [4.78, 5) is 23.9. The first-order chi connectivity index (χ1) is 12.5. The predicted molar refractivity (Wildman–Crippen MR) is 93.1 cm³/mol. The van der Waals surface area contributed by atoms with Gasteiger partial charge in [-0.25, -0.2) is 9.18 Å². The minimum atomic E-state index is -0.756. The second kappa shape index (κ2) is 9.05. The summed E-state index contributed by atoms with van der Waals surface area (Å²) in [6.45, 7) is -0.523. The average Bonchev–Trinajstić information content (AvgIpc) is 2.64. The lowest BCUT2D eigenvalue weighted by atomic mass is 10.2. The molecule has 0 aliphatic heterocycles. The maximum absolute atomic E-state index is 13.5. The Morgan fingerprint density at radius 3 is 2.54 bits per heavy atom. The third-order valence-corrected chi connectivity index (χ3v) is 3.72. The minimum absolute atomic E-state index is 0.00869. The van der Waals surface area contributed by atoms with Crippen LogP contribution in [0.2, 0.25) is 5.02 Å². The largest absolute Gasteiger partial charge is 0.493 e. The molecular formula is C18H17ClFNO5. The molecule has 2 rings (SSSR count). The zero-order chi connectivity index (χ0) is 19.1. The van der Waals surface area contributed by atoms with Gasteiger partial charge >= 0.3 is 5.97 Å². The number of carbonyl (C=O) groups is 2. The molecule has 0 aliphatic rings. The molecular weight excluding hydrogens is 365 g/mol. The number of esters is 1. The monoisotopic (exact) mass is 381 g/mol. The highest BCUT2D eigenvalue weighted by Crippen LogP contribution is 2.36. The van der Waals surface area contributed by atoms with E-state index in [9.17, 15) is 14.0 Å². The summed E-state index contributed by atoms with van der Waals surface area (Å²) in [6.07, 6.45) is 0. The fourth-order valence-corrected chi connectivity index (χ4v) is 2.42. The van der Waals surface area contributed by atoms with Crippen LogP contribution in [0.25, 0.3) is 0 Å². The Bertz CT molecular complexity index is 812. The van der Waals surface area contributed by atoms with Gasteiger partial charge in [-0.2, -0.15) is 0 Å². The second-order valence-electron chi connectivity index (χ2n) is 5.14. The molecule has 2 aromatic carbocycles. The van der Waals surface area contributed by atoms with E-state index in [1.165, 1.54) is 32.4 Å². The van der Waals surface area contributed by atoms with Gasteiger partial charge in [-0.05, 0) is 18.2 Å². The smallest absolute Gasteiger partial charge is 0.338 e. The lowest BCUT2D eigenvalue weighted by Crippen LogP contribution is -2.28. The van der Waals surface area contributed by atoms with E-state index in [1.807, 2.05) is 0 Å². The first-order valence-electron chi connectivity index (χ1n) is 7.55. The van der Waals surface area contributed by atoms with Gasteiger partial charge in [0.1, 0.15) is 5.82 Å². The molecule has 0 bridgehead atoms. The molecule has 0 aliphatic carbocycles. The van der Waals surface area contributed by atoms with Crippen molar-refractivity contribution >= 4 is 23.5 Å². The molecule has 0 radical (unpaired) electrons. The van der Waals surface area contributed by atoms with E-state index in [1.54, 1.807) is 18.2 Å². The van der Waals surface area contributed by atoms with Gasteiger partial charge in [-0.3, -0.25) is 4.79 Å². The normalized spacial score (nSPS) is 10.2. The summed E-state index contributed by atoms with van der Waals surface area (Å²) in [5, 5.41) is 2.64. The Kier molecular flexibility index (Phi) is 6.80. The Labute approximate surface area is 154 Å². The molecule has 0 saturated heterocycles. The Balaban J connectivity index is 1.93. The number of carbonyl (C=O) groups excluding carboxylic acids is 2. The third-order valence-electron chi connectivity index (χ3n) is 3.44. The van der Waals surface area contributed by atoms with Crippen LogP contribution in [0.5, 0.6) is 11.5 Å². The summed E-state index contributed by atoms with van der Waals surface area (Å²) >= 11 is 6.03. The highest BCUT2D eigenvalue weighted by molar-refractivity contribution is 6.32. The highest BCUT2D eigenvalue weighted by Gasteiger charge is 2.17. The van der Waals surface area contributed by atoms with E-state index >= 15 is 0 Å². The lowest BCUT2D eigenvalue weighted by Gasteiger charge is -2.11. The van der Waals surface area contributed by atoms with Crippen LogP contribution < -0.4 is 14.8 Å². The fourth-order valence-electron chi connectivity index (χ4n) is 2.14. The van der Waals surface area contributed by atoms with Crippen LogP contribution in [-0.4, -0.2) is 32.7 Å². The maximum atomic E-state index is 13.5. The summed E-state index contributed by atoms with van der Waals surface area (Å²) in [5.74, 6) is -1.20. The molecule has 8 heteroatoms. The highest BCUT2D eigenvalue weighted by atomic mass is 35.5. The summed E-state index contributed by atoms with van der Waals surface area (Å²) in [5.41, 5.74) is 0.438. The van der Waals surface area contributed by atoms with E-state index < -0.39 is 24.3 Å². The van der Waals surface area contributed by atoms with Crippen LogP contribution in [-0.2, 0) is 16.1 Å². The van der Waals surface area contributed by atoms with Crippen molar-refractivity contribution in [1.82, 2.24) is 5.32 Å². The number of nitrogens with one attached hydrogen (secondary N) is 1. The van der Waals surface area contributed by atoms with Crippen LogP contribution in [0.1, 0.15) is 15.9 Å². The zero-order valence-corrected chi connectivity index (χ0v) is 14.9. The van der Waals surface area contributed by atoms with Gasteiger partial charge < -0.3 is 19.5 Å². The molecule has 1 N–H and O–H groups in total. The van der Waals surface area contributed by atoms with Crippen LogP contribution in [0.15, 0.2) is 36.4 Å². The second-order valence-corrected chi connectivity index (χ2v) is 5.55. The molecule has 1 amide bonds. The van der Waals surface area contributed by atoms with Crippen molar-refractivity contribution in [2.45, 2.75) is 6.54 Å². The molecule has 0 unspecified atom stereocenters. The number of amides is 1. The number of benzene rings is 2. The van der Waals surface area contributed by atoms with Crippen molar-refractivity contribution in [1.29, 1.82) is 0 Å². The number of hydrogen-bond donors (Lipinski definition) is 1. The topological polar surface area (TPSA) is 73.9 Å². The molecule has 6 nitrogen and oxygen atoms in total. The Hall–Kier alpha value is -2.80. The van der Waals surface area contributed by atoms with Crippen molar-refractivity contribution in [2.24, 2.45) is 0 Å².